The third-order valence-electron chi connectivity index (χ3n) is 3.57. The van der Waals surface area contributed by atoms with E-state index >= 15 is 0 Å². The van der Waals surface area contributed by atoms with Gasteiger partial charge in [-0.1, -0.05) is 18.2 Å². The van der Waals surface area contributed by atoms with E-state index in [9.17, 15) is 9.18 Å². The van der Waals surface area contributed by atoms with Crippen molar-refractivity contribution < 1.29 is 13.9 Å². The summed E-state index contributed by atoms with van der Waals surface area (Å²) in [6.07, 6.45) is 2.16. The van der Waals surface area contributed by atoms with Crippen LogP contribution in [0.4, 0.5) is 4.39 Å². The second kappa shape index (κ2) is 7.52. The molecular weight excluding hydrogens is 271 g/mol. The Morgan fingerprint density at radius 2 is 2.19 bits per heavy atom. The van der Waals surface area contributed by atoms with Gasteiger partial charge in [-0.2, -0.15) is 0 Å². The van der Waals surface area contributed by atoms with Crippen molar-refractivity contribution in [2.24, 2.45) is 0 Å². The quantitative estimate of drug-likeness (QED) is 0.796. The summed E-state index contributed by atoms with van der Waals surface area (Å²) in [5.74, 6) is -0.251. The standard InChI is InChI=1S/C16H23FN2O2/c1-12(11-21-2)18-16(20)10-19(14-7-8-14)9-13-5-3-4-6-15(13)17/h3-6,12,14H,7-11H2,1-2H3,(H,18,20). The van der Waals surface area contributed by atoms with Crippen molar-refractivity contribution in [3.63, 3.8) is 0 Å². The van der Waals surface area contributed by atoms with E-state index in [-0.39, 0.29) is 17.8 Å². The van der Waals surface area contributed by atoms with Gasteiger partial charge >= 0.3 is 0 Å². The second-order valence-corrected chi connectivity index (χ2v) is 5.65. The molecule has 1 atom stereocenters. The fourth-order valence-electron chi connectivity index (χ4n) is 2.40. The van der Waals surface area contributed by atoms with Gasteiger partial charge in [-0.05, 0) is 25.8 Å². The zero-order valence-electron chi connectivity index (χ0n) is 12.6. The molecule has 0 heterocycles. The molecule has 1 aliphatic rings. The number of methoxy groups -OCH3 is 1. The molecule has 4 nitrogen and oxygen atoms in total. The number of halogens is 1. The molecular formula is C16H23FN2O2. The van der Waals surface area contributed by atoms with Gasteiger partial charge in [0.05, 0.1) is 13.2 Å². The lowest BCUT2D eigenvalue weighted by molar-refractivity contribution is -0.123. The summed E-state index contributed by atoms with van der Waals surface area (Å²) in [4.78, 5) is 14.1. The zero-order valence-corrected chi connectivity index (χ0v) is 12.6. The van der Waals surface area contributed by atoms with Crippen LogP contribution in [-0.4, -0.2) is 43.2 Å². The number of rotatable bonds is 8. The van der Waals surface area contributed by atoms with E-state index in [4.69, 9.17) is 4.74 Å². The highest BCUT2D eigenvalue weighted by molar-refractivity contribution is 5.78. The van der Waals surface area contributed by atoms with Gasteiger partial charge in [0.2, 0.25) is 5.91 Å². The molecule has 1 aromatic rings. The topological polar surface area (TPSA) is 41.6 Å². The molecule has 21 heavy (non-hydrogen) atoms. The van der Waals surface area contributed by atoms with Crippen LogP contribution in [0.3, 0.4) is 0 Å². The van der Waals surface area contributed by atoms with Gasteiger partial charge in [-0.3, -0.25) is 9.69 Å². The Kier molecular flexibility index (Phi) is 5.70. The number of hydrogen-bond donors (Lipinski definition) is 1. The molecule has 1 saturated carbocycles. The Morgan fingerprint density at radius 1 is 1.48 bits per heavy atom. The molecule has 1 fully saturated rings. The lowest BCUT2D eigenvalue weighted by Gasteiger charge is -2.23. The Hall–Kier alpha value is -1.46. The minimum absolute atomic E-state index is 0.0167. The van der Waals surface area contributed by atoms with Crippen molar-refractivity contribution in [1.82, 2.24) is 10.2 Å². The number of carbonyl (C=O) groups is 1. The number of nitrogens with zero attached hydrogens (tertiary/aromatic N) is 1. The number of hydrogen-bond acceptors (Lipinski definition) is 3. The summed E-state index contributed by atoms with van der Waals surface area (Å²) in [6, 6.07) is 7.12. The normalized spacial score (nSPS) is 16.0. The molecule has 5 heteroatoms. The monoisotopic (exact) mass is 294 g/mol. The Bertz CT molecular complexity index is 477. The number of amides is 1. The van der Waals surface area contributed by atoms with Crippen molar-refractivity contribution in [3.8, 4) is 0 Å². The van der Waals surface area contributed by atoms with Crippen LogP contribution < -0.4 is 5.32 Å². The van der Waals surface area contributed by atoms with Crippen molar-refractivity contribution in [2.75, 3.05) is 20.3 Å². The minimum atomic E-state index is -0.212. The van der Waals surface area contributed by atoms with Crippen LogP contribution >= 0.6 is 0 Å². The van der Waals surface area contributed by atoms with Gasteiger partial charge < -0.3 is 10.1 Å². The Balaban J connectivity index is 1.91. The first-order valence-electron chi connectivity index (χ1n) is 7.36. The second-order valence-electron chi connectivity index (χ2n) is 5.65. The van der Waals surface area contributed by atoms with Gasteiger partial charge in [0.1, 0.15) is 5.82 Å². The van der Waals surface area contributed by atoms with Gasteiger partial charge in [0, 0.05) is 31.3 Å². The van der Waals surface area contributed by atoms with Gasteiger partial charge in [0.25, 0.3) is 0 Å². The van der Waals surface area contributed by atoms with Crippen LogP contribution in [0.25, 0.3) is 0 Å². The predicted octanol–water partition coefficient (Wildman–Crippen LogP) is 1.94. The van der Waals surface area contributed by atoms with Crippen molar-refractivity contribution >= 4 is 5.91 Å². The first kappa shape index (κ1) is 15.9. The van der Waals surface area contributed by atoms with E-state index in [2.05, 4.69) is 5.32 Å². The summed E-state index contributed by atoms with van der Waals surface area (Å²) in [5, 5.41) is 2.89. The maximum Gasteiger partial charge on any atom is 0.234 e. The number of ether oxygens (including phenoxy) is 1. The van der Waals surface area contributed by atoms with Gasteiger partial charge in [-0.15, -0.1) is 0 Å². The fourth-order valence-corrected chi connectivity index (χ4v) is 2.40. The molecule has 0 saturated heterocycles. The summed E-state index contributed by atoms with van der Waals surface area (Å²) >= 11 is 0. The Labute approximate surface area is 125 Å². The summed E-state index contributed by atoms with van der Waals surface area (Å²) in [6.45, 7) is 3.17. The number of benzene rings is 1. The van der Waals surface area contributed by atoms with Crippen molar-refractivity contribution in [2.45, 2.75) is 38.4 Å². The molecule has 1 N–H and O–H groups in total. The molecule has 1 unspecified atom stereocenters. The highest BCUT2D eigenvalue weighted by Crippen LogP contribution is 2.28. The lowest BCUT2D eigenvalue weighted by Crippen LogP contribution is -2.43. The zero-order chi connectivity index (χ0) is 15.2. The lowest BCUT2D eigenvalue weighted by atomic mass is 10.2. The molecule has 0 spiro atoms. The van der Waals surface area contributed by atoms with E-state index in [1.165, 1.54) is 6.07 Å². The van der Waals surface area contributed by atoms with Crippen LogP contribution in [0.1, 0.15) is 25.3 Å². The molecule has 0 radical (unpaired) electrons. The third-order valence-corrected chi connectivity index (χ3v) is 3.57. The van der Waals surface area contributed by atoms with Gasteiger partial charge in [0.15, 0.2) is 0 Å². The van der Waals surface area contributed by atoms with Gasteiger partial charge in [-0.25, -0.2) is 4.39 Å². The molecule has 1 aliphatic carbocycles. The van der Waals surface area contributed by atoms with Crippen LogP contribution in [0.5, 0.6) is 0 Å². The Morgan fingerprint density at radius 3 is 2.81 bits per heavy atom. The van der Waals surface area contributed by atoms with E-state index in [1.807, 2.05) is 17.9 Å². The first-order valence-corrected chi connectivity index (χ1v) is 7.36. The highest BCUT2D eigenvalue weighted by Gasteiger charge is 2.30. The fraction of sp³-hybridized carbons (Fsp3) is 0.562. The summed E-state index contributed by atoms with van der Waals surface area (Å²) < 4.78 is 18.7. The largest absolute Gasteiger partial charge is 0.383 e. The molecule has 0 aliphatic heterocycles. The van der Waals surface area contributed by atoms with E-state index < -0.39 is 0 Å². The average molecular weight is 294 g/mol. The van der Waals surface area contributed by atoms with Crippen molar-refractivity contribution in [1.29, 1.82) is 0 Å². The first-order chi connectivity index (χ1) is 10.1. The minimum Gasteiger partial charge on any atom is -0.383 e. The van der Waals surface area contributed by atoms with E-state index in [0.29, 0.717) is 31.3 Å². The molecule has 116 valence electrons. The maximum absolute atomic E-state index is 13.7. The SMILES string of the molecule is COCC(C)NC(=O)CN(Cc1ccccc1F)C1CC1. The molecule has 1 aromatic carbocycles. The summed E-state index contributed by atoms with van der Waals surface area (Å²) in [5.41, 5.74) is 0.641. The van der Waals surface area contributed by atoms with Crippen LogP contribution in [-0.2, 0) is 16.1 Å². The molecule has 1 amide bonds. The van der Waals surface area contributed by atoms with E-state index in [1.54, 1.807) is 19.2 Å². The molecule has 0 aromatic heterocycles. The van der Waals surface area contributed by atoms with Crippen molar-refractivity contribution in [3.05, 3.63) is 35.6 Å². The summed E-state index contributed by atoms with van der Waals surface area (Å²) in [7, 11) is 1.61. The highest BCUT2D eigenvalue weighted by atomic mass is 19.1. The number of carbonyl (C=O) groups excluding carboxylic acids is 1. The molecule has 0 bridgehead atoms. The predicted molar refractivity (Wildman–Crippen MR) is 79.3 cm³/mol. The van der Waals surface area contributed by atoms with Crippen LogP contribution in [0.2, 0.25) is 0 Å². The number of nitrogens with one attached hydrogen (secondary N) is 1. The van der Waals surface area contributed by atoms with Crippen LogP contribution in [0.15, 0.2) is 24.3 Å². The third kappa shape index (κ3) is 5.10. The smallest absolute Gasteiger partial charge is 0.234 e. The maximum atomic E-state index is 13.7. The van der Waals surface area contributed by atoms with Crippen LogP contribution in [0, 0.1) is 5.82 Å². The van der Waals surface area contributed by atoms with E-state index in [0.717, 1.165) is 12.8 Å². The average Bonchev–Trinajstić information content (AvgIpc) is 3.25. The molecule has 2 rings (SSSR count).